The number of nitriles is 1. The minimum Gasteiger partial charge on any atom is -0.495 e. The predicted octanol–water partition coefficient (Wildman–Crippen LogP) is 5.86. The van der Waals surface area contributed by atoms with Crippen LogP contribution in [-0.2, 0) is 4.79 Å². The summed E-state index contributed by atoms with van der Waals surface area (Å²) in [6.07, 6.45) is 1.44. The van der Waals surface area contributed by atoms with Crippen LogP contribution in [0.5, 0.6) is 5.75 Å². The number of amides is 1. The molecule has 10 heteroatoms. The number of nitrogens with zero attached hydrogens (tertiary/aromatic N) is 3. The first kappa shape index (κ1) is 23.9. The van der Waals surface area contributed by atoms with E-state index in [1.54, 1.807) is 42.7 Å². The summed E-state index contributed by atoms with van der Waals surface area (Å²) in [5.41, 5.74) is 2.48. The van der Waals surface area contributed by atoms with Gasteiger partial charge in [0.15, 0.2) is 0 Å². The molecule has 0 radical (unpaired) electrons. The molecule has 0 aliphatic carbocycles. The molecule has 1 aromatic heterocycles. The van der Waals surface area contributed by atoms with E-state index in [1.807, 2.05) is 6.07 Å². The molecule has 0 fully saturated rings. The van der Waals surface area contributed by atoms with Gasteiger partial charge in [-0.15, -0.1) is 0 Å². The van der Waals surface area contributed by atoms with Gasteiger partial charge in [-0.25, -0.2) is 0 Å². The van der Waals surface area contributed by atoms with Crippen LogP contribution in [0.3, 0.4) is 0 Å². The van der Waals surface area contributed by atoms with Crippen molar-refractivity contribution in [1.82, 2.24) is 4.57 Å². The second-order valence-electron chi connectivity index (χ2n) is 7.00. The van der Waals surface area contributed by atoms with Gasteiger partial charge in [0.25, 0.3) is 11.6 Å². The summed E-state index contributed by atoms with van der Waals surface area (Å²) < 4.78 is 7.15. The number of halogens is 2. The molecule has 0 saturated heterocycles. The van der Waals surface area contributed by atoms with Crippen molar-refractivity contribution < 1.29 is 14.5 Å². The first-order valence-electron chi connectivity index (χ1n) is 9.56. The molecule has 0 unspecified atom stereocenters. The fourth-order valence-corrected chi connectivity index (χ4v) is 3.71. The zero-order chi connectivity index (χ0) is 24.3. The average molecular weight is 485 g/mol. The molecule has 168 valence electrons. The summed E-state index contributed by atoms with van der Waals surface area (Å²) in [6.45, 7) is 3.58. The number of hydrogen-bond donors (Lipinski definition) is 1. The number of nitro benzene ring substituents is 1. The topological polar surface area (TPSA) is 110 Å². The number of rotatable bonds is 6. The van der Waals surface area contributed by atoms with Crippen molar-refractivity contribution in [2.45, 2.75) is 13.8 Å². The Kier molecular flexibility index (Phi) is 7.07. The van der Waals surface area contributed by atoms with Crippen molar-refractivity contribution >= 4 is 46.6 Å². The van der Waals surface area contributed by atoms with Gasteiger partial charge in [0.05, 0.1) is 33.5 Å². The normalized spacial score (nSPS) is 11.1. The van der Waals surface area contributed by atoms with Crippen LogP contribution in [0.4, 0.5) is 11.4 Å². The molecule has 0 saturated carbocycles. The molecule has 1 amide bonds. The van der Waals surface area contributed by atoms with E-state index in [2.05, 4.69) is 5.32 Å². The van der Waals surface area contributed by atoms with E-state index in [4.69, 9.17) is 27.9 Å². The number of anilines is 1. The van der Waals surface area contributed by atoms with E-state index in [-0.39, 0.29) is 27.0 Å². The van der Waals surface area contributed by atoms with E-state index in [0.29, 0.717) is 22.7 Å². The Morgan fingerprint density at radius 3 is 2.61 bits per heavy atom. The highest BCUT2D eigenvalue weighted by Gasteiger charge is 2.19. The lowest BCUT2D eigenvalue weighted by molar-refractivity contribution is -0.384. The van der Waals surface area contributed by atoms with E-state index >= 15 is 0 Å². The number of non-ortho nitro benzene ring substituents is 1. The molecular formula is C23H18Cl2N4O4. The second kappa shape index (κ2) is 9.77. The van der Waals surface area contributed by atoms with Crippen LogP contribution in [0.25, 0.3) is 11.8 Å². The van der Waals surface area contributed by atoms with E-state index in [9.17, 15) is 20.2 Å². The number of benzene rings is 2. The number of carbonyl (C=O) groups is 1. The third-order valence-corrected chi connectivity index (χ3v) is 5.77. The summed E-state index contributed by atoms with van der Waals surface area (Å²) in [7, 11) is 1.47. The van der Waals surface area contributed by atoms with Gasteiger partial charge < -0.3 is 14.6 Å². The number of ether oxygens (including phenoxy) is 1. The van der Waals surface area contributed by atoms with Crippen molar-refractivity contribution in [2.75, 3.05) is 12.4 Å². The number of hydrogen-bond acceptors (Lipinski definition) is 5. The van der Waals surface area contributed by atoms with Crippen LogP contribution in [0.1, 0.15) is 17.0 Å². The first-order chi connectivity index (χ1) is 15.7. The molecule has 0 atom stereocenters. The van der Waals surface area contributed by atoms with Crippen molar-refractivity contribution in [3.63, 3.8) is 0 Å². The monoisotopic (exact) mass is 484 g/mol. The number of methoxy groups -OCH3 is 1. The third kappa shape index (κ3) is 4.85. The fraction of sp³-hybridized carbons (Fsp3) is 0.130. The van der Waals surface area contributed by atoms with Gasteiger partial charge in [-0.1, -0.05) is 29.3 Å². The summed E-state index contributed by atoms with van der Waals surface area (Å²) in [4.78, 5) is 23.5. The molecule has 0 bridgehead atoms. The molecule has 33 heavy (non-hydrogen) atoms. The number of aryl methyl sites for hydroxylation is 1. The standard InChI is InChI=1S/C23H18Cl2N4O4/c1-13-9-15(10-16(12-26)23(30)27-19-6-4-5-18(24)22(19)25)14(2)28(13)20-11-17(29(31)32)7-8-21(20)33-3/h4-11H,1-3H3,(H,27,30)/b16-10-. The molecule has 0 aliphatic rings. The Balaban J connectivity index is 2.03. The third-order valence-electron chi connectivity index (χ3n) is 4.95. The van der Waals surface area contributed by atoms with Gasteiger partial charge in [0, 0.05) is 23.5 Å². The van der Waals surface area contributed by atoms with Crippen LogP contribution >= 0.6 is 23.2 Å². The van der Waals surface area contributed by atoms with Crippen molar-refractivity contribution in [2.24, 2.45) is 0 Å². The minimum atomic E-state index is -0.653. The average Bonchev–Trinajstić information content (AvgIpc) is 3.07. The maximum absolute atomic E-state index is 12.7. The van der Waals surface area contributed by atoms with Gasteiger partial charge >= 0.3 is 0 Å². The fourth-order valence-electron chi connectivity index (χ4n) is 3.37. The lowest BCUT2D eigenvalue weighted by Crippen LogP contribution is -2.13. The Morgan fingerprint density at radius 2 is 1.97 bits per heavy atom. The lowest BCUT2D eigenvalue weighted by atomic mass is 10.1. The molecule has 8 nitrogen and oxygen atoms in total. The number of nitro groups is 1. The molecule has 3 aromatic rings. The summed E-state index contributed by atoms with van der Waals surface area (Å²) in [6, 6.07) is 12.7. The quantitative estimate of drug-likeness (QED) is 0.203. The number of carbonyl (C=O) groups excluding carboxylic acids is 1. The van der Waals surface area contributed by atoms with Crippen molar-refractivity contribution in [1.29, 1.82) is 5.26 Å². The highest BCUT2D eigenvalue weighted by atomic mass is 35.5. The highest BCUT2D eigenvalue weighted by Crippen LogP contribution is 2.33. The molecule has 1 heterocycles. The number of aromatic nitrogens is 1. The smallest absolute Gasteiger partial charge is 0.271 e. The molecule has 0 aliphatic heterocycles. The molecule has 2 aromatic carbocycles. The van der Waals surface area contributed by atoms with Gasteiger partial charge in [0.2, 0.25) is 0 Å². The van der Waals surface area contributed by atoms with Crippen LogP contribution in [0.2, 0.25) is 10.0 Å². The summed E-state index contributed by atoms with van der Waals surface area (Å²) >= 11 is 12.1. The molecule has 0 spiro atoms. The van der Waals surface area contributed by atoms with Crippen LogP contribution in [0.15, 0.2) is 48.0 Å². The molecular weight excluding hydrogens is 467 g/mol. The lowest BCUT2D eigenvalue weighted by Gasteiger charge is -2.14. The van der Waals surface area contributed by atoms with Crippen LogP contribution in [-0.4, -0.2) is 22.5 Å². The molecule has 3 rings (SSSR count). The van der Waals surface area contributed by atoms with Gasteiger partial charge in [-0.3, -0.25) is 14.9 Å². The zero-order valence-corrected chi connectivity index (χ0v) is 19.4. The zero-order valence-electron chi connectivity index (χ0n) is 17.8. The minimum absolute atomic E-state index is 0.0918. The first-order valence-corrected chi connectivity index (χ1v) is 10.3. The maximum atomic E-state index is 12.7. The summed E-state index contributed by atoms with van der Waals surface area (Å²) in [5.74, 6) is -0.217. The summed E-state index contributed by atoms with van der Waals surface area (Å²) in [5, 5.41) is 23.9. The van der Waals surface area contributed by atoms with E-state index in [0.717, 1.165) is 5.69 Å². The van der Waals surface area contributed by atoms with Gasteiger partial charge in [-0.05, 0) is 49.8 Å². The maximum Gasteiger partial charge on any atom is 0.271 e. The van der Waals surface area contributed by atoms with Crippen LogP contribution in [0, 0.1) is 35.3 Å². The highest BCUT2D eigenvalue weighted by molar-refractivity contribution is 6.44. The predicted molar refractivity (Wildman–Crippen MR) is 127 cm³/mol. The Labute approximate surface area is 199 Å². The van der Waals surface area contributed by atoms with Crippen LogP contribution < -0.4 is 10.1 Å². The number of nitrogens with one attached hydrogen (secondary N) is 1. The second-order valence-corrected chi connectivity index (χ2v) is 7.79. The Morgan fingerprint density at radius 1 is 1.24 bits per heavy atom. The van der Waals surface area contributed by atoms with Crippen molar-refractivity contribution in [3.05, 3.63) is 85.1 Å². The van der Waals surface area contributed by atoms with E-state index in [1.165, 1.54) is 31.4 Å². The Bertz CT molecular complexity index is 1340. The Hall–Kier alpha value is -3.80. The van der Waals surface area contributed by atoms with Gasteiger partial charge in [-0.2, -0.15) is 5.26 Å². The SMILES string of the molecule is COc1ccc([N+](=O)[O-])cc1-n1c(C)cc(/C=C(/C#N)C(=O)Nc2cccc(Cl)c2Cl)c1C. The van der Waals surface area contributed by atoms with E-state index < -0.39 is 10.8 Å². The van der Waals surface area contributed by atoms with Crippen molar-refractivity contribution in [3.8, 4) is 17.5 Å². The van der Waals surface area contributed by atoms with Gasteiger partial charge in [0.1, 0.15) is 17.4 Å². The molecule has 1 N–H and O–H groups in total. The largest absolute Gasteiger partial charge is 0.495 e.